The fraction of sp³-hybridized carbons (Fsp3) is 0.412. The average Bonchev–Trinajstić information content (AvgIpc) is 3.87. The minimum absolute atomic E-state index is 0.0531. The summed E-state index contributed by atoms with van der Waals surface area (Å²) in [5.74, 6) is -0.586. The smallest absolute Gasteiger partial charge is 0.251 e. The van der Waals surface area contributed by atoms with Crippen molar-refractivity contribution in [2.45, 2.75) is 69.5 Å². The minimum Gasteiger partial charge on any atom is -0.491 e. The number of carbonyl (C=O) groups is 2. The number of primary amides is 1. The maximum absolute atomic E-state index is 15.2. The van der Waals surface area contributed by atoms with Crippen molar-refractivity contribution in [2.24, 2.45) is 11.7 Å². The van der Waals surface area contributed by atoms with Gasteiger partial charge in [0.2, 0.25) is 5.91 Å². The number of nitrogens with zero attached hydrogens (tertiary/aromatic N) is 2. The van der Waals surface area contributed by atoms with Crippen molar-refractivity contribution in [3.05, 3.63) is 69.1 Å². The lowest BCUT2D eigenvalue weighted by molar-refractivity contribution is -0.117. The number of benzene rings is 2. The van der Waals surface area contributed by atoms with Gasteiger partial charge in [0.15, 0.2) is 0 Å². The van der Waals surface area contributed by atoms with Crippen molar-refractivity contribution < 1.29 is 28.6 Å². The first-order valence-electron chi connectivity index (χ1n) is 15.7. The molecule has 1 atom stereocenters. The Labute approximate surface area is 274 Å². The molecule has 2 aromatic carbocycles. The van der Waals surface area contributed by atoms with E-state index >= 15 is 4.39 Å². The molecule has 7 rings (SSSR count). The van der Waals surface area contributed by atoms with Gasteiger partial charge in [-0.1, -0.05) is 11.6 Å². The summed E-state index contributed by atoms with van der Waals surface area (Å²) in [6.45, 7) is 1.80. The van der Waals surface area contributed by atoms with E-state index in [4.69, 9.17) is 36.8 Å². The third kappa shape index (κ3) is 6.28. The Hall–Kier alpha value is -3.80. The summed E-state index contributed by atoms with van der Waals surface area (Å²) in [6.07, 6.45) is 5.49. The van der Waals surface area contributed by atoms with Crippen LogP contribution in [0.4, 0.5) is 4.39 Å². The van der Waals surface area contributed by atoms with E-state index in [-0.39, 0.29) is 65.2 Å². The van der Waals surface area contributed by atoms with Crippen LogP contribution in [0.5, 0.6) is 11.5 Å². The van der Waals surface area contributed by atoms with Gasteiger partial charge in [-0.25, -0.2) is 14.4 Å². The molecule has 0 aliphatic heterocycles. The standard InChI is InChI=1S/C34H34ClFN4O5S/c1-2-44-31-18(14-28(37)41)13-27(39-29(31)23-15-21(35)7-10-24(23)36)34(43,20-5-6-20)16-38-32(42)19-11-25(45-22-8-9-22)30-26(12-19)46-33(40-30)17-3-4-17/h7,10-13,15,17,20,22,43H,2-6,8-9,14,16H2,1H3,(H2,37,41)(H,38,42)/t34-/m1/s1. The third-order valence-corrected chi connectivity index (χ3v) is 9.98. The molecule has 0 saturated heterocycles. The fourth-order valence-corrected chi connectivity index (χ4v) is 7.09. The number of aliphatic hydroxyl groups is 1. The van der Waals surface area contributed by atoms with E-state index in [2.05, 4.69) is 5.32 Å². The number of rotatable bonds is 13. The third-order valence-electron chi connectivity index (χ3n) is 8.58. The molecule has 0 unspecified atom stereocenters. The molecule has 0 spiro atoms. The van der Waals surface area contributed by atoms with Gasteiger partial charge in [-0.2, -0.15) is 0 Å². The molecule has 46 heavy (non-hydrogen) atoms. The highest BCUT2D eigenvalue weighted by Gasteiger charge is 2.47. The summed E-state index contributed by atoms with van der Waals surface area (Å²) in [4.78, 5) is 35.4. The highest BCUT2D eigenvalue weighted by Crippen LogP contribution is 2.48. The summed E-state index contributed by atoms with van der Waals surface area (Å²) >= 11 is 7.82. The molecular weight excluding hydrogens is 631 g/mol. The Balaban J connectivity index is 1.24. The van der Waals surface area contributed by atoms with Crippen molar-refractivity contribution in [2.75, 3.05) is 13.2 Å². The van der Waals surface area contributed by atoms with Crippen LogP contribution in [0, 0.1) is 11.7 Å². The van der Waals surface area contributed by atoms with Crippen LogP contribution in [0.15, 0.2) is 36.4 Å². The van der Waals surface area contributed by atoms with Gasteiger partial charge in [0, 0.05) is 27.6 Å². The number of pyridine rings is 1. The first kappa shape index (κ1) is 30.8. The lowest BCUT2D eigenvalue weighted by Crippen LogP contribution is -2.43. The van der Waals surface area contributed by atoms with E-state index in [9.17, 15) is 14.7 Å². The zero-order valence-corrected chi connectivity index (χ0v) is 26.8. The highest BCUT2D eigenvalue weighted by atomic mass is 35.5. The second kappa shape index (κ2) is 12.1. The van der Waals surface area contributed by atoms with E-state index in [0.717, 1.165) is 40.9 Å². The topological polar surface area (TPSA) is 137 Å². The molecule has 2 aromatic heterocycles. The predicted molar refractivity (Wildman–Crippen MR) is 173 cm³/mol. The van der Waals surface area contributed by atoms with Crippen molar-refractivity contribution in [3.8, 4) is 22.8 Å². The average molecular weight is 665 g/mol. The second-order valence-corrected chi connectivity index (χ2v) is 13.9. The number of amides is 2. The summed E-state index contributed by atoms with van der Waals surface area (Å²) in [5, 5.41) is 16.5. The van der Waals surface area contributed by atoms with Crippen molar-refractivity contribution >= 4 is 45.0 Å². The maximum Gasteiger partial charge on any atom is 0.251 e. The number of hydrogen-bond acceptors (Lipinski definition) is 8. The number of thiazole rings is 1. The molecule has 2 amide bonds. The first-order valence-corrected chi connectivity index (χ1v) is 16.8. The number of nitrogens with one attached hydrogen (secondary N) is 1. The second-order valence-electron chi connectivity index (χ2n) is 12.4. The van der Waals surface area contributed by atoms with Crippen LogP contribution in [0.1, 0.15) is 78.0 Å². The van der Waals surface area contributed by atoms with Gasteiger partial charge in [0.1, 0.15) is 34.1 Å². The Morgan fingerprint density at radius 1 is 1.13 bits per heavy atom. The number of aromatic nitrogens is 2. The lowest BCUT2D eigenvalue weighted by atomic mass is 9.90. The number of fused-ring (bicyclic) bond motifs is 1. The fourth-order valence-electron chi connectivity index (χ4n) is 5.72. The van der Waals surface area contributed by atoms with E-state index in [1.54, 1.807) is 30.4 Å². The Morgan fingerprint density at radius 3 is 2.59 bits per heavy atom. The van der Waals surface area contributed by atoms with Crippen molar-refractivity contribution in [3.63, 3.8) is 0 Å². The zero-order chi connectivity index (χ0) is 32.2. The van der Waals surface area contributed by atoms with E-state index in [1.165, 1.54) is 18.2 Å². The SMILES string of the molecule is CCOc1c(CC(N)=O)cc([C@@](O)(CNC(=O)c2cc(OC3CC3)c3nc(C4CC4)sc3c2)C2CC2)nc1-c1cc(Cl)ccc1F. The van der Waals surface area contributed by atoms with Crippen LogP contribution in [0.25, 0.3) is 21.5 Å². The van der Waals surface area contributed by atoms with Crippen LogP contribution < -0.4 is 20.5 Å². The molecule has 4 N–H and O–H groups in total. The van der Waals surface area contributed by atoms with Gasteiger partial charge >= 0.3 is 0 Å². The molecule has 240 valence electrons. The highest BCUT2D eigenvalue weighted by molar-refractivity contribution is 7.18. The molecule has 0 radical (unpaired) electrons. The number of hydrogen-bond donors (Lipinski definition) is 3. The predicted octanol–water partition coefficient (Wildman–Crippen LogP) is 6.02. The summed E-state index contributed by atoms with van der Waals surface area (Å²) in [7, 11) is 0. The van der Waals surface area contributed by atoms with Crippen LogP contribution in [-0.4, -0.2) is 46.1 Å². The van der Waals surface area contributed by atoms with Crippen molar-refractivity contribution in [1.29, 1.82) is 0 Å². The van der Waals surface area contributed by atoms with E-state index < -0.39 is 17.3 Å². The molecule has 3 fully saturated rings. The molecule has 2 heterocycles. The Bertz CT molecular complexity index is 1860. The normalized spacial score (nSPS) is 17.5. The van der Waals surface area contributed by atoms with Gasteiger partial charge in [-0.15, -0.1) is 11.3 Å². The van der Waals surface area contributed by atoms with Gasteiger partial charge in [0.25, 0.3) is 5.91 Å². The maximum atomic E-state index is 15.2. The quantitative estimate of drug-likeness (QED) is 0.159. The van der Waals surface area contributed by atoms with Crippen molar-refractivity contribution in [1.82, 2.24) is 15.3 Å². The molecular formula is C34H34ClFN4O5S. The van der Waals surface area contributed by atoms with Crippen LogP contribution in [0.3, 0.4) is 0 Å². The molecule has 3 aliphatic rings. The summed E-state index contributed by atoms with van der Waals surface area (Å²) in [5.41, 5.74) is 5.82. The van der Waals surface area contributed by atoms with Crippen LogP contribution in [0.2, 0.25) is 5.02 Å². The number of ether oxygens (including phenoxy) is 2. The van der Waals surface area contributed by atoms with Crippen LogP contribution >= 0.6 is 22.9 Å². The van der Waals surface area contributed by atoms with Gasteiger partial charge in [0.05, 0.1) is 41.1 Å². The summed E-state index contributed by atoms with van der Waals surface area (Å²) < 4.78 is 28.1. The largest absolute Gasteiger partial charge is 0.491 e. The van der Waals surface area contributed by atoms with E-state index in [0.29, 0.717) is 35.6 Å². The zero-order valence-electron chi connectivity index (χ0n) is 25.3. The molecule has 0 bridgehead atoms. The van der Waals surface area contributed by atoms with E-state index in [1.807, 2.05) is 6.07 Å². The molecule has 3 aliphatic carbocycles. The monoisotopic (exact) mass is 664 g/mol. The molecule has 4 aromatic rings. The van der Waals surface area contributed by atoms with Gasteiger partial charge < -0.3 is 25.6 Å². The first-order chi connectivity index (χ1) is 22.1. The van der Waals surface area contributed by atoms with Gasteiger partial charge in [-0.3, -0.25) is 9.59 Å². The number of carbonyl (C=O) groups excluding carboxylic acids is 2. The summed E-state index contributed by atoms with van der Waals surface area (Å²) in [6, 6.07) is 9.17. The molecule has 12 heteroatoms. The number of halogens is 2. The molecule has 3 saturated carbocycles. The molecule has 9 nitrogen and oxygen atoms in total. The minimum atomic E-state index is -1.63. The van der Waals surface area contributed by atoms with Crippen LogP contribution in [-0.2, 0) is 16.8 Å². The van der Waals surface area contributed by atoms with Gasteiger partial charge in [-0.05, 0) is 87.8 Å². The lowest BCUT2D eigenvalue weighted by Gasteiger charge is -2.30. The Morgan fingerprint density at radius 2 is 1.91 bits per heavy atom. The number of nitrogens with two attached hydrogens (primary N) is 1. The Kier molecular flexibility index (Phi) is 8.11.